The molecule has 23 heavy (non-hydrogen) atoms. The number of aryl methyl sites for hydroxylation is 1. The summed E-state index contributed by atoms with van der Waals surface area (Å²) in [6, 6.07) is 21.4. The van der Waals surface area contributed by atoms with Gasteiger partial charge < -0.3 is 0 Å². The number of aromatic nitrogens is 1. The van der Waals surface area contributed by atoms with Gasteiger partial charge in [0.05, 0.1) is 5.69 Å². The second kappa shape index (κ2) is 6.00. The van der Waals surface area contributed by atoms with Crippen LogP contribution in [-0.4, -0.2) is 4.98 Å². The van der Waals surface area contributed by atoms with Crippen molar-refractivity contribution in [1.82, 2.24) is 4.98 Å². The normalized spacial score (nSPS) is 11.5. The van der Waals surface area contributed by atoms with E-state index in [1.165, 1.54) is 22.3 Å². The van der Waals surface area contributed by atoms with Gasteiger partial charge in [-0.3, -0.25) is 4.98 Å². The van der Waals surface area contributed by atoms with E-state index in [2.05, 4.69) is 87.3 Å². The van der Waals surface area contributed by atoms with Gasteiger partial charge in [-0.2, -0.15) is 0 Å². The van der Waals surface area contributed by atoms with Crippen molar-refractivity contribution < 1.29 is 0 Å². The summed E-state index contributed by atoms with van der Waals surface area (Å²) in [4.78, 5) is 4.59. The molecule has 0 aliphatic carbocycles. The minimum absolute atomic E-state index is 0.182. The zero-order valence-corrected chi connectivity index (χ0v) is 14.3. The Labute approximate surface area is 139 Å². The lowest BCUT2D eigenvalue weighted by molar-refractivity contribution is 0.590. The van der Waals surface area contributed by atoms with Crippen LogP contribution >= 0.6 is 0 Å². The Morgan fingerprint density at radius 3 is 2.04 bits per heavy atom. The summed E-state index contributed by atoms with van der Waals surface area (Å²) in [5.41, 5.74) is 7.41. The Kier molecular flexibility index (Phi) is 4.04. The molecule has 0 N–H and O–H groups in total. The van der Waals surface area contributed by atoms with Crippen molar-refractivity contribution in [3.63, 3.8) is 0 Å². The predicted molar refractivity (Wildman–Crippen MR) is 98.5 cm³/mol. The van der Waals surface area contributed by atoms with Crippen LogP contribution in [0.4, 0.5) is 0 Å². The van der Waals surface area contributed by atoms with Gasteiger partial charge in [0.2, 0.25) is 0 Å². The molecule has 0 spiro atoms. The summed E-state index contributed by atoms with van der Waals surface area (Å²) in [6.07, 6.45) is 1.97. The van der Waals surface area contributed by atoms with Crippen LogP contribution < -0.4 is 0 Å². The van der Waals surface area contributed by atoms with Gasteiger partial charge in [0.25, 0.3) is 0 Å². The van der Waals surface area contributed by atoms with Gasteiger partial charge in [-0.1, -0.05) is 75.4 Å². The van der Waals surface area contributed by atoms with E-state index in [0.717, 1.165) is 11.3 Å². The lowest BCUT2D eigenvalue weighted by Crippen LogP contribution is -2.10. The molecule has 1 nitrogen and oxygen atoms in total. The van der Waals surface area contributed by atoms with Crippen LogP contribution in [0.2, 0.25) is 0 Å². The highest BCUT2D eigenvalue weighted by Gasteiger charge is 2.13. The van der Waals surface area contributed by atoms with E-state index in [0.29, 0.717) is 0 Å². The first-order valence-corrected chi connectivity index (χ1v) is 8.08. The van der Waals surface area contributed by atoms with E-state index in [9.17, 15) is 0 Å². The molecule has 0 atom stereocenters. The van der Waals surface area contributed by atoms with Crippen molar-refractivity contribution >= 4 is 0 Å². The number of rotatable bonds is 2. The summed E-state index contributed by atoms with van der Waals surface area (Å²) < 4.78 is 0. The first kappa shape index (κ1) is 15.5. The molecule has 1 heterocycles. The average Bonchev–Trinajstić information content (AvgIpc) is 2.55. The van der Waals surface area contributed by atoms with Gasteiger partial charge in [-0.25, -0.2) is 0 Å². The van der Waals surface area contributed by atoms with E-state index >= 15 is 0 Å². The van der Waals surface area contributed by atoms with E-state index in [1.807, 2.05) is 12.3 Å². The molecular weight excluding hydrogens is 278 g/mol. The lowest BCUT2D eigenvalue weighted by atomic mass is 9.86. The van der Waals surface area contributed by atoms with Gasteiger partial charge >= 0.3 is 0 Å². The number of hydrogen-bond donors (Lipinski definition) is 0. The summed E-state index contributed by atoms with van der Waals surface area (Å²) in [5, 5.41) is 0. The van der Waals surface area contributed by atoms with Crippen LogP contribution in [-0.2, 0) is 5.41 Å². The zero-order chi connectivity index (χ0) is 16.4. The molecule has 0 aliphatic rings. The first-order chi connectivity index (χ1) is 10.9. The Morgan fingerprint density at radius 1 is 0.783 bits per heavy atom. The molecule has 0 fully saturated rings. The number of nitrogens with zero attached hydrogens (tertiary/aromatic N) is 1. The SMILES string of the molecule is Cc1cnc(-c2ccccc2)cc1-c1ccc(C(C)(C)C)cc1. The Bertz CT molecular complexity index is 794. The molecule has 0 unspecified atom stereocenters. The lowest BCUT2D eigenvalue weighted by Gasteiger charge is -2.19. The van der Waals surface area contributed by atoms with Crippen molar-refractivity contribution in [3.8, 4) is 22.4 Å². The smallest absolute Gasteiger partial charge is 0.0708 e. The maximum absolute atomic E-state index is 4.59. The van der Waals surface area contributed by atoms with Gasteiger partial charge in [0, 0.05) is 11.8 Å². The fraction of sp³-hybridized carbons (Fsp3) is 0.227. The first-order valence-electron chi connectivity index (χ1n) is 8.08. The Balaban J connectivity index is 2.03. The van der Waals surface area contributed by atoms with Crippen molar-refractivity contribution in [1.29, 1.82) is 0 Å². The molecular formula is C22H23N. The quantitative estimate of drug-likeness (QED) is 0.564. The summed E-state index contributed by atoms with van der Waals surface area (Å²) in [5.74, 6) is 0. The molecule has 3 rings (SSSR count). The molecule has 3 aromatic rings. The summed E-state index contributed by atoms with van der Waals surface area (Å²) >= 11 is 0. The maximum atomic E-state index is 4.59. The van der Waals surface area contributed by atoms with Crippen LogP contribution in [0.15, 0.2) is 66.9 Å². The van der Waals surface area contributed by atoms with Crippen molar-refractivity contribution in [2.24, 2.45) is 0 Å². The number of hydrogen-bond acceptors (Lipinski definition) is 1. The summed E-state index contributed by atoms with van der Waals surface area (Å²) in [7, 11) is 0. The second-order valence-corrected chi connectivity index (χ2v) is 7.08. The Morgan fingerprint density at radius 2 is 1.43 bits per heavy atom. The molecule has 1 heteroatoms. The van der Waals surface area contributed by atoms with E-state index in [-0.39, 0.29) is 5.41 Å². The third kappa shape index (κ3) is 3.34. The molecule has 0 bridgehead atoms. The largest absolute Gasteiger partial charge is 0.256 e. The molecule has 1 aromatic heterocycles. The third-order valence-corrected chi connectivity index (χ3v) is 4.23. The van der Waals surface area contributed by atoms with Gasteiger partial charge in [0.1, 0.15) is 0 Å². The van der Waals surface area contributed by atoms with Crippen molar-refractivity contribution in [2.75, 3.05) is 0 Å². The van der Waals surface area contributed by atoms with Gasteiger partial charge in [-0.15, -0.1) is 0 Å². The molecule has 116 valence electrons. The minimum atomic E-state index is 0.182. The highest BCUT2D eigenvalue weighted by atomic mass is 14.7. The fourth-order valence-corrected chi connectivity index (χ4v) is 2.75. The molecule has 0 saturated heterocycles. The van der Waals surface area contributed by atoms with Gasteiger partial charge in [0.15, 0.2) is 0 Å². The molecule has 0 amide bonds. The third-order valence-electron chi connectivity index (χ3n) is 4.23. The highest BCUT2D eigenvalue weighted by molar-refractivity contribution is 5.73. The number of pyridine rings is 1. The molecule has 2 aromatic carbocycles. The van der Waals surface area contributed by atoms with Crippen LogP contribution in [0.5, 0.6) is 0 Å². The van der Waals surface area contributed by atoms with E-state index in [4.69, 9.17) is 0 Å². The molecule has 0 saturated carbocycles. The minimum Gasteiger partial charge on any atom is -0.256 e. The number of benzene rings is 2. The van der Waals surface area contributed by atoms with E-state index in [1.54, 1.807) is 0 Å². The molecule has 0 radical (unpaired) electrons. The predicted octanol–water partition coefficient (Wildman–Crippen LogP) is 6.02. The van der Waals surface area contributed by atoms with Crippen molar-refractivity contribution in [3.05, 3.63) is 78.0 Å². The maximum Gasteiger partial charge on any atom is 0.0708 e. The zero-order valence-electron chi connectivity index (χ0n) is 14.3. The monoisotopic (exact) mass is 301 g/mol. The van der Waals surface area contributed by atoms with Crippen LogP contribution in [0, 0.1) is 6.92 Å². The Hall–Kier alpha value is -2.41. The second-order valence-electron chi connectivity index (χ2n) is 7.08. The summed E-state index contributed by atoms with van der Waals surface area (Å²) in [6.45, 7) is 8.85. The van der Waals surface area contributed by atoms with E-state index < -0.39 is 0 Å². The van der Waals surface area contributed by atoms with Gasteiger partial charge in [-0.05, 0) is 40.7 Å². The van der Waals surface area contributed by atoms with Crippen molar-refractivity contribution in [2.45, 2.75) is 33.1 Å². The van der Waals surface area contributed by atoms with Crippen LogP contribution in [0.1, 0.15) is 31.9 Å². The fourth-order valence-electron chi connectivity index (χ4n) is 2.75. The highest BCUT2D eigenvalue weighted by Crippen LogP contribution is 2.30. The standard InChI is InChI=1S/C22H23N/c1-16-15-23-21(18-8-6-5-7-9-18)14-20(16)17-10-12-19(13-11-17)22(2,3)4/h5-15H,1-4H3. The average molecular weight is 301 g/mol. The molecule has 0 aliphatic heterocycles. The van der Waals surface area contributed by atoms with Crippen LogP contribution in [0.25, 0.3) is 22.4 Å². The van der Waals surface area contributed by atoms with Crippen LogP contribution in [0.3, 0.4) is 0 Å². The topological polar surface area (TPSA) is 12.9 Å².